The highest BCUT2D eigenvalue weighted by molar-refractivity contribution is 5.92. The lowest BCUT2D eigenvalue weighted by atomic mass is 9.92. The van der Waals surface area contributed by atoms with Gasteiger partial charge in [0.1, 0.15) is 5.82 Å². The molecule has 1 aromatic carbocycles. The van der Waals surface area contributed by atoms with Gasteiger partial charge in [-0.05, 0) is 43.3 Å². The van der Waals surface area contributed by atoms with E-state index in [0.717, 1.165) is 18.1 Å². The highest BCUT2D eigenvalue weighted by atomic mass is 19.4. The normalized spacial score (nSPS) is 12.8. The van der Waals surface area contributed by atoms with Gasteiger partial charge < -0.3 is 9.47 Å². The van der Waals surface area contributed by atoms with Crippen LogP contribution in [0.3, 0.4) is 0 Å². The molecule has 1 amide bonds. The van der Waals surface area contributed by atoms with E-state index >= 15 is 0 Å². The van der Waals surface area contributed by atoms with E-state index in [2.05, 4.69) is 24.1 Å². The van der Waals surface area contributed by atoms with Crippen LogP contribution in [0.4, 0.5) is 13.2 Å². The first-order chi connectivity index (χ1) is 13.9. The molecule has 2 aromatic rings. The van der Waals surface area contributed by atoms with E-state index in [1.807, 2.05) is 23.6 Å². The van der Waals surface area contributed by atoms with Crippen LogP contribution in [0.25, 0.3) is 17.1 Å². The van der Waals surface area contributed by atoms with Gasteiger partial charge >= 0.3 is 6.18 Å². The minimum absolute atomic E-state index is 0.192. The van der Waals surface area contributed by atoms with Crippen molar-refractivity contribution in [2.24, 2.45) is 10.7 Å². The first kappa shape index (κ1) is 23.5. The number of amides is 1. The lowest BCUT2D eigenvalue weighted by Crippen LogP contribution is -2.33. The molecule has 0 bridgehead atoms. The summed E-state index contributed by atoms with van der Waals surface area (Å²) in [6, 6.07) is 5.21. The smallest absolute Gasteiger partial charge is 0.327 e. The number of aryl methyl sites for hydroxylation is 1. The van der Waals surface area contributed by atoms with E-state index in [0.29, 0.717) is 23.4 Å². The Kier molecular flexibility index (Phi) is 7.35. The van der Waals surface area contributed by atoms with Crippen molar-refractivity contribution in [2.45, 2.75) is 39.4 Å². The number of fused-ring (bicyclic) bond motifs is 1. The molecule has 30 heavy (non-hydrogen) atoms. The first-order valence-electron chi connectivity index (χ1n) is 9.41. The summed E-state index contributed by atoms with van der Waals surface area (Å²) in [6.07, 6.45) is -2.81. The number of hydrogen-bond acceptors (Lipinski definition) is 5. The van der Waals surface area contributed by atoms with E-state index in [1.165, 1.54) is 6.08 Å². The van der Waals surface area contributed by atoms with Crippen molar-refractivity contribution in [1.82, 2.24) is 19.9 Å². The van der Waals surface area contributed by atoms with Crippen LogP contribution in [0.1, 0.15) is 31.7 Å². The molecule has 0 spiro atoms. The first-order valence-corrected chi connectivity index (χ1v) is 9.41. The molecule has 1 aromatic heterocycles. The van der Waals surface area contributed by atoms with Gasteiger partial charge in [0.25, 0.3) is 5.91 Å². The second-order valence-electron chi connectivity index (χ2n) is 8.28. The molecule has 0 aliphatic rings. The van der Waals surface area contributed by atoms with Crippen LogP contribution >= 0.6 is 0 Å². The summed E-state index contributed by atoms with van der Waals surface area (Å²) in [5.41, 5.74) is 3.46. The Labute approximate surface area is 172 Å². The Morgan fingerprint density at radius 3 is 2.60 bits per heavy atom. The van der Waals surface area contributed by atoms with Crippen LogP contribution in [0.2, 0.25) is 0 Å². The Morgan fingerprint density at radius 2 is 2.00 bits per heavy atom. The van der Waals surface area contributed by atoms with Gasteiger partial charge in [-0.1, -0.05) is 19.9 Å². The third kappa shape index (κ3) is 6.94. The zero-order chi connectivity index (χ0) is 22.5. The zero-order valence-electron chi connectivity index (χ0n) is 17.5. The van der Waals surface area contributed by atoms with Crippen molar-refractivity contribution in [1.29, 1.82) is 0 Å². The van der Waals surface area contributed by atoms with Gasteiger partial charge in [0.15, 0.2) is 0 Å². The molecule has 1 heterocycles. The molecule has 2 rings (SSSR count). The van der Waals surface area contributed by atoms with Crippen molar-refractivity contribution in [2.75, 3.05) is 20.6 Å². The van der Waals surface area contributed by atoms with Gasteiger partial charge in [0, 0.05) is 25.6 Å². The molecule has 0 fully saturated rings. The lowest BCUT2D eigenvalue weighted by Gasteiger charge is -2.29. The average molecular weight is 425 g/mol. The van der Waals surface area contributed by atoms with Crippen molar-refractivity contribution in [3.05, 3.63) is 40.6 Å². The number of carbonyl (C=O) groups excluding carboxylic acids is 1. The molecule has 10 heteroatoms. The zero-order valence-corrected chi connectivity index (χ0v) is 17.5. The van der Waals surface area contributed by atoms with Crippen molar-refractivity contribution >= 4 is 23.0 Å². The maximum Gasteiger partial charge on any atom is 0.389 e. The fourth-order valence-corrected chi connectivity index (χ4v) is 3.51. The van der Waals surface area contributed by atoms with Gasteiger partial charge in [0.05, 0.1) is 22.7 Å². The molecule has 1 N–H and O–H groups in total. The number of alkyl halides is 3. The summed E-state index contributed by atoms with van der Waals surface area (Å²) in [7, 11) is 3.90. The van der Waals surface area contributed by atoms with Gasteiger partial charge in [0.2, 0.25) is 0 Å². The predicted molar refractivity (Wildman–Crippen MR) is 109 cm³/mol. The molecule has 0 atom stereocenters. The molecule has 0 unspecified atom stereocenters. The van der Waals surface area contributed by atoms with Gasteiger partial charge in [-0.25, -0.2) is 10.4 Å². The highest BCUT2D eigenvalue weighted by Crippen LogP contribution is 2.28. The number of imidazole rings is 1. The Morgan fingerprint density at radius 1 is 1.30 bits per heavy atom. The van der Waals surface area contributed by atoms with E-state index in [1.54, 1.807) is 23.6 Å². The summed E-state index contributed by atoms with van der Waals surface area (Å²) < 4.78 is 40.3. The number of nitroso groups, excluding NO2 is 1. The van der Waals surface area contributed by atoms with E-state index in [-0.39, 0.29) is 11.8 Å². The molecule has 0 aliphatic carbocycles. The van der Waals surface area contributed by atoms with E-state index in [4.69, 9.17) is 0 Å². The van der Waals surface area contributed by atoms with Gasteiger partial charge in [-0.3, -0.25) is 4.79 Å². The second kappa shape index (κ2) is 9.38. The third-order valence-corrected chi connectivity index (χ3v) is 4.40. The summed E-state index contributed by atoms with van der Waals surface area (Å²) in [6.45, 7) is 5.38. The second-order valence-corrected chi connectivity index (χ2v) is 8.28. The number of rotatable bonds is 9. The maximum absolute atomic E-state index is 12.8. The van der Waals surface area contributed by atoms with Crippen molar-refractivity contribution < 1.29 is 18.0 Å². The minimum atomic E-state index is -4.27. The number of nitrogens with one attached hydrogen (secondary N) is 1. The molecular weight excluding hydrogens is 399 g/mol. The van der Waals surface area contributed by atoms with Crippen LogP contribution < -0.4 is 5.43 Å². The quantitative estimate of drug-likeness (QED) is 0.375. The monoisotopic (exact) mass is 425 g/mol. The number of hydrogen-bond donors (Lipinski definition) is 1. The molecule has 0 aliphatic heterocycles. The SMILES string of the molecule is CN(C)CC(C)(C)Cn1c(CCC(F)(F)F)nc2cc(/C=C/C(=O)NN=O)ccc21. The lowest BCUT2D eigenvalue weighted by molar-refractivity contribution is -0.134. The standard InChI is InChI=1S/C20H26F3N5O2/c1-19(2,12-27(3)4)13-28-16-7-5-14(6-8-18(29)25-26-30)11-15(16)24-17(28)9-10-20(21,22)23/h5-8,11H,9-10,12-13H2,1-4H3,(H,25,29,30)/b8-6+. The highest BCUT2D eigenvalue weighted by Gasteiger charge is 2.29. The molecular formula is C20H26F3N5O2. The number of nitrogens with zero attached hydrogens (tertiary/aromatic N) is 4. The number of aromatic nitrogens is 2. The van der Waals surface area contributed by atoms with E-state index in [9.17, 15) is 22.9 Å². The van der Waals surface area contributed by atoms with Gasteiger partial charge in [-0.2, -0.15) is 13.2 Å². The summed E-state index contributed by atoms with van der Waals surface area (Å²) >= 11 is 0. The summed E-state index contributed by atoms with van der Waals surface area (Å²) in [4.78, 5) is 27.9. The molecule has 164 valence electrons. The number of benzene rings is 1. The Hall–Kier alpha value is -2.75. The van der Waals surface area contributed by atoms with Crippen LogP contribution in [0, 0.1) is 10.3 Å². The fourth-order valence-electron chi connectivity index (χ4n) is 3.51. The van der Waals surface area contributed by atoms with Crippen LogP contribution in [-0.4, -0.2) is 47.2 Å². The minimum Gasteiger partial charge on any atom is -0.327 e. The van der Waals surface area contributed by atoms with Gasteiger partial charge in [-0.15, -0.1) is 4.91 Å². The topological polar surface area (TPSA) is 79.6 Å². The van der Waals surface area contributed by atoms with Crippen molar-refractivity contribution in [3.63, 3.8) is 0 Å². The van der Waals surface area contributed by atoms with Crippen LogP contribution in [-0.2, 0) is 17.8 Å². The third-order valence-electron chi connectivity index (χ3n) is 4.40. The molecule has 7 nitrogen and oxygen atoms in total. The summed E-state index contributed by atoms with van der Waals surface area (Å²) in [5, 5.41) is 2.30. The molecule has 0 saturated heterocycles. The predicted octanol–water partition coefficient (Wildman–Crippen LogP) is 3.93. The number of halogens is 3. The summed E-state index contributed by atoms with van der Waals surface area (Å²) in [5.74, 6) is -0.301. The molecule has 0 saturated carbocycles. The van der Waals surface area contributed by atoms with Crippen molar-refractivity contribution in [3.8, 4) is 0 Å². The fraction of sp³-hybridized carbons (Fsp3) is 0.500. The maximum atomic E-state index is 12.8. The average Bonchev–Trinajstić information content (AvgIpc) is 2.93. The number of carbonyl (C=O) groups is 1. The Bertz CT molecular complexity index is 932. The largest absolute Gasteiger partial charge is 0.389 e. The molecule has 0 radical (unpaired) electrons. The van der Waals surface area contributed by atoms with Crippen LogP contribution in [0.5, 0.6) is 0 Å². The van der Waals surface area contributed by atoms with Crippen LogP contribution in [0.15, 0.2) is 29.6 Å². The Balaban J connectivity index is 2.42. The van der Waals surface area contributed by atoms with E-state index < -0.39 is 18.5 Å².